The molecule has 0 amide bonds. The van der Waals surface area contributed by atoms with Gasteiger partial charge < -0.3 is 0 Å². The van der Waals surface area contributed by atoms with Crippen molar-refractivity contribution in [2.45, 2.75) is 13.8 Å². The van der Waals surface area contributed by atoms with Gasteiger partial charge in [0.25, 0.3) is 5.56 Å². The zero-order valence-corrected chi connectivity index (χ0v) is 11.4. The first-order valence-corrected chi connectivity index (χ1v) is 6.75. The van der Waals surface area contributed by atoms with Crippen LogP contribution in [0.3, 0.4) is 0 Å². The quantitative estimate of drug-likeness (QED) is 0.715. The van der Waals surface area contributed by atoms with Gasteiger partial charge in [0.05, 0.1) is 5.39 Å². The number of hydrogen-bond acceptors (Lipinski definition) is 3. The molecule has 19 heavy (non-hydrogen) atoms. The molecule has 2 N–H and O–H groups in total. The van der Waals surface area contributed by atoms with Crippen molar-refractivity contribution in [2.24, 2.45) is 0 Å². The highest BCUT2D eigenvalue weighted by atomic mass is 32.1. The lowest BCUT2D eigenvalue weighted by molar-refractivity contribution is 1.09. The molecule has 2 aromatic heterocycles. The summed E-state index contributed by atoms with van der Waals surface area (Å²) >= 11 is 1.37. The van der Waals surface area contributed by atoms with Crippen LogP contribution in [0.25, 0.3) is 21.3 Å². The maximum Gasteiger partial charge on any atom is 0.326 e. The second-order valence-electron chi connectivity index (χ2n) is 4.58. The van der Waals surface area contributed by atoms with Gasteiger partial charge in [-0.1, -0.05) is 23.8 Å². The third-order valence-corrected chi connectivity index (χ3v) is 4.04. The monoisotopic (exact) mass is 272 g/mol. The van der Waals surface area contributed by atoms with E-state index in [1.165, 1.54) is 16.9 Å². The first-order valence-electron chi connectivity index (χ1n) is 5.87. The Labute approximate surface area is 112 Å². The fourth-order valence-corrected chi connectivity index (χ4v) is 3.24. The lowest BCUT2D eigenvalue weighted by Gasteiger charge is -2.05. The van der Waals surface area contributed by atoms with E-state index >= 15 is 0 Å². The normalized spacial score (nSPS) is 11.1. The van der Waals surface area contributed by atoms with Gasteiger partial charge in [0.2, 0.25) is 0 Å². The lowest BCUT2D eigenvalue weighted by Crippen LogP contribution is -2.21. The Morgan fingerprint density at radius 2 is 1.84 bits per heavy atom. The summed E-state index contributed by atoms with van der Waals surface area (Å²) in [4.78, 5) is 28.8. The summed E-state index contributed by atoms with van der Waals surface area (Å²) < 4.78 is 0. The van der Waals surface area contributed by atoms with Gasteiger partial charge in [-0.2, -0.15) is 0 Å². The molecular weight excluding hydrogens is 260 g/mol. The minimum Gasteiger partial charge on any atom is -0.298 e. The van der Waals surface area contributed by atoms with E-state index in [0.29, 0.717) is 10.2 Å². The number of hydrogen-bond donors (Lipinski definition) is 2. The number of benzene rings is 1. The molecule has 3 rings (SSSR count). The van der Waals surface area contributed by atoms with E-state index in [0.717, 1.165) is 16.7 Å². The Kier molecular flexibility index (Phi) is 2.64. The van der Waals surface area contributed by atoms with Gasteiger partial charge in [-0.25, -0.2) is 4.79 Å². The van der Waals surface area contributed by atoms with Crippen molar-refractivity contribution in [1.82, 2.24) is 9.97 Å². The van der Waals surface area contributed by atoms with Gasteiger partial charge in [0.1, 0.15) is 4.83 Å². The minimum absolute atomic E-state index is 0.338. The molecule has 5 heteroatoms. The number of aryl methyl sites for hydroxylation is 2. The number of thiophene rings is 1. The van der Waals surface area contributed by atoms with E-state index in [9.17, 15) is 9.59 Å². The number of aromatic nitrogens is 2. The highest BCUT2D eigenvalue weighted by Gasteiger charge is 2.12. The molecule has 0 aliphatic carbocycles. The smallest absolute Gasteiger partial charge is 0.298 e. The summed E-state index contributed by atoms with van der Waals surface area (Å²) in [5.41, 5.74) is 3.39. The minimum atomic E-state index is -0.466. The van der Waals surface area contributed by atoms with Crippen LogP contribution in [0.5, 0.6) is 0 Å². The van der Waals surface area contributed by atoms with Gasteiger partial charge in [-0.3, -0.25) is 14.8 Å². The number of fused-ring (bicyclic) bond motifs is 1. The highest BCUT2D eigenvalue weighted by Crippen LogP contribution is 2.32. The zero-order valence-electron chi connectivity index (χ0n) is 10.5. The molecule has 0 saturated heterocycles. The highest BCUT2D eigenvalue weighted by molar-refractivity contribution is 7.17. The molecule has 4 nitrogen and oxygen atoms in total. The molecule has 0 radical (unpaired) electrons. The van der Waals surface area contributed by atoms with Crippen LogP contribution in [-0.2, 0) is 0 Å². The standard InChI is InChI=1S/C14H12N2O2S/c1-7-3-4-9(8(2)5-7)10-6-19-13-11(10)12(17)15-14(18)16-13/h3-6H,1-2H3,(H2,15,16,17,18). The fraction of sp³-hybridized carbons (Fsp3) is 0.143. The van der Waals surface area contributed by atoms with Crippen molar-refractivity contribution < 1.29 is 0 Å². The summed E-state index contributed by atoms with van der Waals surface area (Å²) in [6.45, 7) is 4.05. The summed E-state index contributed by atoms with van der Waals surface area (Å²) in [5, 5.41) is 2.46. The van der Waals surface area contributed by atoms with Crippen LogP contribution < -0.4 is 11.2 Å². The Hall–Kier alpha value is -2.14. The molecule has 0 aliphatic rings. The predicted molar refractivity (Wildman–Crippen MR) is 78.0 cm³/mol. The van der Waals surface area contributed by atoms with Crippen LogP contribution in [0.4, 0.5) is 0 Å². The average Bonchev–Trinajstić information content (AvgIpc) is 2.72. The molecule has 0 fully saturated rings. The van der Waals surface area contributed by atoms with Gasteiger partial charge in [0, 0.05) is 10.9 Å². The Bertz CT molecular complexity index is 886. The van der Waals surface area contributed by atoms with E-state index in [1.807, 2.05) is 31.4 Å². The van der Waals surface area contributed by atoms with Crippen LogP contribution in [0.2, 0.25) is 0 Å². The number of H-pyrrole nitrogens is 2. The van der Waals surface area contributed by atoms with Crippen molar-refractivity contribution in [3.8, 4) is 11.1 Å². The molecule has 0 saturated carbocycles. The van der Waals surface area contributed by atoms with E-state index in [4.69, 9.17) is 0 Å². The predicted octanol–water partition coefficient (Wildman–Crippen LogP) is 2.56. The summed E-state index contributed by atoms with van der Waals surface area (Å²) in [6.07, 6.45) is 0. The molecular formula is C14H12N2O2S. The summed E-state index contributed by atoms with van der Waals surface area (Å²) in [5.74, 6) is 0. The van der Waals surface area contributed by atoms with Crippen LogP contribution in [0, 0.1) is 13.8 Å². The van der Waals surface area contributed by atoms with Crippen molar-refractivity contribution >= 4 is 21.6 Å². The van der Waals surface area contributed by atoms with Crippen LogP contribution in [-0.4, -0.2) is 9.97 Å². The molecule has 2 heterocycles. The van der Waals surface area contributed by atoms with E-state index in [1.54, 1.807) is 0 Å². The third kappa shape index (κ3) is 1.92. The average molecular weight is 272 g/mol. The molecule has 96 valence electrons. The maximum absolute atomic E-state index is 12.0. The van der Waals surface area contributed by atoms with Gasteiger partial charge in [-0.15, -0.1) is 11.3 Å². The number of rotatable bonds is 1. The second-order valence-corrected chi connectivity index (χ2v) is 5.46. The van der Waals surface area contributed by atoms with Crippen molar-refractivity contribution in [1.29, 1.82) is 0 Å². The van der Waals surface area contributed by atoms with Crippen molar-refractivity contribution in [3.63, 3.8) is 0 Å². The zero-order chi connectivity index (χ0) is 13.6. The Morgan fingerprint density at radius 1 is 1.05 bits per heavy atom. The lowest BCUT2D eigenvalue weighted by atomic mass is 9.99. The molecule has 0 aliphatic heterocycles. The van der Waals surface area contributed by atoms with Crippen LogP contribution in [0.15, 0.2) is 33.2 Å². The third-order valence-electron chi connectivity index (χ3n) is 3.14. The number of nitrogens with one attached hydrogen (secondary N) is 2. The summed E-state index contributed by atoms with van der Waals surface area (Å²) in [7, 11) is 0. The molecule has 3 aromatic rings. The first kappa shape index (κ1) is 11.9. The molecule has 0 bridgehead atoms. The van der Waals surface area contributed by atoms with Crippen LogP contribution >= 0.6 is 11.3 Å². The largest absolute Gasteiger partial charge is 0.326 e. The van der Waals surface area contributed by atoms with Gasteiger partial charge >= 0.3 is 5.69 Å². The van der Waals surface area contributed by atoms with Crippen molar-refractivity contribution in [2.75, 3.05) is 0 Å². The molecule has 0 atom stereocenters. The summed E-state index contributed by atoms with van der Waals surface area (Å²) in [6, 6.07) is 6.11. The van der Waals surface area contributed by atoms with Crippen molar-refractivity contribution in [3.05, 3.63) is 55.5 Å². The molecule has 0 unspecified atom stereocenters. The Morgan fingerprint density at radius 3 is 2.58 bits per heavy atom. The molecule has 0 spiro atoms. The molecule has 1 aromatic carbocycles. The Balaban J connectivity index is 2.38. The van der Waals surface area contributed by atoms with Gasteiger partial charge in [-0.05, 0) is 25.0 Å². The fourth-order valence-electron chi connectivity index (χ4n) is 2.29. The second kappa shape index (κ2) is 4.20. The first-order chi connectivity index (χ1) is 9.06. The van der Waals surface area contributed by atoms with E-state index in [2.05, 4.69) is 16.0 Å². The van der Waals surface area contributed by atoms with E-state index < -0.39 is 5.69 Å². The van der Waals surface area contributed by atoms with Gasteiger partial charge in [0.15, 0.2) is 0 Å². The topological polar surface area (TPSA) is 65.7 Å². The SMILES string of the molecule is Cc1ccc(-c2csc3[nH]c(=O)[nH]c(=O)c23)c(C)c1. The van der Waals surface area contributed by atoms with E-state index in [-0.39, 0.29) is 5.56 Å². The maximum atomic E-state index is 12.0. The van der Waals surface area contributed by atoms with Crippen LogP contribution in [0.1, 0.15) is 11.1 Å². The number of aromatic amines is 2.